The second-order valence-electron chi connectivity index (χ2n) is 5.01. The van der Waals surface area contributed by atoms with Crippen molar-refractivity contribution in [3.63, 3.8) is 0 Å². The van der Waals surface area contributed by atoms with E-state index in [1.54, 1.807) is 12.1 Å². The molecule has 3 aromatic rings. The number of benzene rings is 2. The first kappa shape index (κ1) is 14.3. The normalized spacial score (nSPS) is 10.8. The summed E-state index contributed by atoms with van der Waals surface area (Å²) >= 11 is 0. The number of fused-ring (bicyclic) bond motifs is 1. The van der Waals surface area contributed by atoms with Crippen LogP contribution in [0, 0.1) is 5.82 Å². The van der Waals surface area contributed by atoms with Gasteiger partial charge >= 0.3 is 0 Å². The molecule has 2 aromatic carbocycles. The third kappa shape index (κ3) is 2.83. The molecule has 1 amide bonds. The van der Waals surface area contributed by atoms with E-state index >= 15 is 0 Å². The lowest BCUT2D eigenvalue weighted by Crippen LogP contribution is -2.20. The molecule has 0 saturated carbocycles. The second kappa shape index (κ2) is 5.97. The summed E-state index contributed by atoms with van der Waals surface area (Å²) in [6.45, 7) is 2.16. The number of rotatable bonds is 4. The topological polar surface area (TPSA) is 46.9 Å². The molecule has 22 heavy (non-hydrogen) atoms. The van der Waals surface area contributed by atoms with Gasteiger partial charge in [0.2, 0.25) is 5.91 Å². The number of hydrogen-bond donors (Lipinski definition) is 1. The van der Waals surface area contributed by atoms with E-state index in [0.717, 1.165) is 23.3 Å². The minimum atomic E-state index is -0.375. The second-order valence-corrected chi connectivity index (χ2v) is 5.01. The third-order valence-electron chi connectivity index (χ3n) is 3.46. The maximum Gasteiger partial charge on any atom is 0.244 e. The van der Waals surface area contributed by atoms with Crippen LogP contribution in [0.2, 0.25) is 0 Å². The highest BCUT2D eigenvalue weighted by Crippen LogP contribution is 2.17. The number of nitrogens with one attached hydrogen (secondary N) is 1. The predicted octanol–water partition coefficient (Wildman–Crippen LogP) is 3.38. The quantitative estimate of drug-likeness (QED) is 0.802. The molecule has 0 fully saturated rings. The molecule has 0 radical (unpaired) electrons. The van der Waals surface area contributed by atoms with Crippen LogP contribution in [0.4, 0.5) is 10.1 Å². The van der Waals surface area contributed by atoms with Gasteiger partial charge in [0, 0.05) is 12.1 Å². The number of carbonyl (C=O) groups excluding carboxylic acids is 1. The standard InChI is InChI=1S/C17H16FN3O/c1-2-16-20-14-8-3-4-9-15(14)21(16)11-17(22)19-13-7-5-6-12(18)10-13/h3-10H,2,11H2,1H3,(H,19,22). The average molecular weight is 297 g/mol. The number of aromatic nitrogens is 2. The van der Waals surface area contributed by atoms with Gasteiger partial charge in [-0.3, -0.25) is 4.79 Å². The number of carbonyl (C=O) groups is 1. The van der Waals surface area contributed by atoms with Crippen molar-refractivity contribution in [3.8, 4) is 0 Å². The molecular weight excluding hydrogens is 281 g/mol. The van der Waals surface area contributed by atoms with E-state index in [1.165, 1.54) is 12.1 Å². The summed E-state index contributed by atoms with van der Waals surface area (Å²) in [5.41, 5.74) is 2.25. The third-order valence-corrected chi connectivity index (χ3v) is 3.46. The summed E-state index contributed by atoms with van der Waals surface area (Å²) in [4.78, 5) is 16.7. The molecule has 0 atom stereocenters. The number of amides is 1. The zero-order valence-electron chi connectivity index (χ0n) is 12.2. The molecule has 0 aliphatic carbocycles. The molecule has 4 nitrogen and oxygen atoms in total. The van der Waals surface area contributed by atoms with Crippen molar-refractivity contribution in [3.05, 3.63) is 60.2 Å². The molecule has 0 bridgehead atoms. The minimum Gasteiger partial charge on any atom is -0.324 e. The Bertz CT molecular complexity index is 826. The van der Waals surface area contributed by atoms with Crippen LogP contribution in [0.1, 0.15) is 12.7 Å². The van der Waals surface area contributed by atoms with Crippen molar-refractivity contribution in [1.29, 1.82) is 0 Å². The van der Waals surface area contributed by atoms with Crippen LogP contribution in [0.15, 0.2) is 48.5 Å². The molecule has 1 aromatic heterocycles. The summed E-state index contributed by atoms with van der Waals surface area (Å²) in [5.74, 6) is 0.277. The zero-order valence-corrected chi connectivity index (χ0v) is 12.2. The van der Waals surface area contributed by atoms with E-state index in [9.17, 15) is 9.18 Å². The van der Waals surface area contributed by atoms with Crippen LogP contribution in [-0.2, 0) is 17.8 Å². The van der Waals surface area contributed by atoms with Gasteiger partial charge in [-0.05, 0) is 30.3 Å². The number of hydrogen-bond acceptors (Lipinski definition) is 2. The molecule has 3 rings (SSSR count). The number of imidazole rings is 1. The van der Waals surface area contributed by atoms with E-state index < -0.39 is 0 Å². The van der Waals surface area contributed by atoms with Gasteiger partial charge in [0.05, 0.1) is 11.0 Å². The molecule has 112 valence electrons. The van der Waals surface area contributed by atoms with Gasteiger partial charge in [-0.15, -0.1) is 0 Å². The number of halogens is 1. The van der Waals surface area contributed by atoms with E-state index in [2.05, 4.69) is 10.3 Å². The lowest BCUT2D eigenvalue weighted by molar-refractivity contribution is -0.116. The maximum absolute atomic E-state index is 13.2. The highest BCUT2D eigenvalue weighted by molar-refractivity contribution is 5.91. The fraction of sp³-hybridized carbons (Fsp3) is 0.176. The van der Waals surface area contributed by atoms with Crippen LogP contribution in [0.3, 0.4) is 0 Å². The van der Waals surface area contributed by atoms with Gasteiger partial charge in [-0.2, -0.15) is 0 Å². The molecule has 5 heteroatoms. The Morgan fingerprint density at radius 3 is 2.82 bits per heavy atom. The lowest BCUT2D eigenvalue weighted by atomic mass is 10.3. The highest BCUT2D eigenvalue weighted by atomic mass is 19.1. The molecule has 1 N–H and O–H groups in total. The molecule has 0 aliphatic rings. The van der Waals surface area contributed by atoms with Gasteiger partial charge in [0.25, 0.3) is 0 Å². The molecule has 0 aliphatic heterocycles. The summed E-state index contributed by atoms with van der Waals surface area (Å²) in [7, 11) is 0. The Balaban J connectivity index is 1.85. The van der Waals surface area contributed by atoms with Crippen LogP contribution in [-0.4, -0.2) is 15.5 Å². The van der Waals surface area contributed by atoms with Gasteiger partial charge < -0.3 is 9.88 Å². The van der Waals surface area contributed by atoms with Crippen LogP contribution >= 0.6 is 0 Å². The highest BCUT2D eigenvalue weighted by Gasteiger charge is 2.12. The first-order valence-electron chi connectivity index (χ1n) is 7.17. The first-order valence-corrected chi connectivity index (χ1v) is 7.17. The van der Waals surface area contributed by atoms with E-state index in [4.69, 9.17) is 0 Å². The number of nitrogens with zero attached hydrogens (tertiary/aromatic N) is 2. The number of para-hydroxylation sites is 2. The Kier molecular flexibility index (Phi) is 3.87. The van der Waals surface area contributed by atoms with Gasteiger partial charge in [-0.1, -0.05) is 25.1 Å². The van der Waals surface area contributed by atoms with Crippen molar-refractivity contribution >= 4 is 22.6 Å². The van der Waals surface area contributed by atoms with E-state index in [0.29, 0.717) is 5.69 Å². The van der Waals surface area contributed by atoms with Crippen LogP contribution in [0.5, 0.6) is 0 Å². The Morgan fingerprint density at radius 2 is 2.05 bits per heavy atom. The van der Waals surface area contributed by atoms with Crippen molar-refractivity contribution in [2.75, 3.05) is 5.32 Å². The summed E-state index contributed by atoms with van der Waals surface area (Å²) in [5, 5.41) is 2.71. The fourth-order valence-electron chi connectivity index (χ4n) is 2.48. The van der Waals surface area contributed by atoms with Gasteiger partial charge in [0.15, 0.2) is 0 Å². The fourth-order valence-corrected chi connectivity index (χ4v) is 2.48. The molecule has 1 heterocycles. The summed E-state index contributed by atoms with van der Waals surface area (Å²) in [6.07, 6.45) is 0.738. The molecule has 0 spiro atoms. The summed E-state index contributed by atoms with van der Waals surface area (Å²) in [6, 6.07) is 13.6. The molecule has 0 unspecified atom stereocenters. The number of aryl methyl sites for hydroxylation is 1. The monoisotopic (exact) mass is 297 g/mol. The predicted molar refractivity (Wildman–Crippen MR) is 84.1 cm³/mol. The van der Waals surface area contributed by atoms with Crippen molar-refractivity contribution in [2.45, 2.75) is 19.9 Å². The maximum atomic E-state index is 13.2. The Labute approximate surface area is 127 Å². The van der Waals surface area contributed by atoms with Crippen molar-refractivity contribution < 1.29 is 9.18 Å². The van der Waals surface area contributed by atoms with Crippen LogP contribution < -0.4 is 5.32 Å². The Hall–Kier alpha value is -2.69. The van der Waals surface area contributed by atoms with Crippen molar-refractivity contribution in [1.82, 2.24) is 9.55 Å². The largest absolute Gasteiger partial charge is 0.324 e. The summed E-state index contributed by atoms with van der Waals surface area (Å²) < 4.78 is 15.0. The zero-order chi connectivity index (χ0) is 15.5. The number of anilines is 1. The van der Waals surface area contributed by atoms with E-state index in [-0.39, 0.29) is 18.3 Å². The SMILES string of the molecule is CCc1nc2ccccc2n1CC(=O)Nc1cccc(F)c1. The molecular formula is C17H16FN3O. The van der Waals surface area contributed by atoms with Gasteiger partial charge in [-0.25, -0.2) is 9.37 Å². The van der Waals surface area contributed by atoms with Gasteiger partial charge in [0.1, 0.15) is 18.2 Å². The smallest absolute Gasteiger partial charge is 0.244 e. The van der Waals surface area contributed by atoms with Crippen LogP contribution in [0.25, 0.3) is 11.0 Å². The molecule has 0 saturated heterocycles. The first-order chi connectivity index (χ1) is 10.7. The van der Waals surface area contributed by atoms with E-state index in [1.807, 2.05) is 35.8 Å². The minimum absolute atomic E-state index is 0.153. The lowest BCUT2D eigenvalue weighted by Gasteiger charge is -2.09. The Morgan fingerprint density at radius 1 is 1.23 bits per heavy atom. The van der Waals surface area contributed by atoms with Crippen molar-refractivity contribution in [2.24, 2.45) is 0 Å². The average Bonchev–Trinajstić information content (AvgIpc) is 2.85.